The van der Waals surface area contributed by atoms with Gasteiger partial charge in [-0.3, -0.25) is 0 Å². The van der Waals surface area contributed by atoms with Crippen molar-refractivity contribution in [2.24, 2.45) is 5.92 Å². The molecule has 18 heavy (non-hydrogen) atoms. The van der Waals surface area contributed by atoms with Crippen LogP contribution in [0.15, 0.2) is 0 Å². The van der Waals surface area contributed by atoms with E-state index in [1.165, 1.54) is 37.0 Å². The van der Waals surface area contributed by atoms with Crippen LogP contribution >= 0.6 is 11.3 Å². The number of nitrogens with zero attached hydrogens (tertiary/aromatic N) is 1. The van der Waals surface area contributed by atoms with Crippen molar-refractivity contribution in [2.75, 3.05) is 0 Å². The maximum Gasteiger partial charge on any atom is 0.347 e. The smallest absolute Gasteiger partial charge is 0.347 e. The van der Waals surface area contributed by atoms with Crippen molar-refractivity contribution in [3.05, 3.63) is 15.6 Å². The van der Waals surface area contributed by atoms with Gasteiger partial charge in [-0.2, -0.15) is 0 Å². The Morgan fingerprint density at radius 2 is 2.06 bits per heavy atom. The van der Waals surface area contributed by atoms with Crippen LogP contribution in [-0.2, 0) is 0 Å². The molecule has 0 aliphatic heterocycles. The van der Waals surface area contributed by atoms with Gasteiger partial charge in [0.1, 0.15) is 4.88 Å². The second kappa shape index (κ2) is 4.65. The van der Waals surface area contributed by atoms with Crippen LogP contribution in [0.25, 0.3) is 0 Å². The van der Waals surface area contributed by atoms with Gasteiger partial charge in [-0.25, -0.2) is 9.78 Å². The van der Waals surface area contributed by atoms with E-state index in [0.29, 0.717) is 16.7 Å². The zero-order valence-electron chi connectivity index (χ0n) is 10.7. The summed E-state index contributed by atoms with van der Waals surface area (Å²) in [6.07, 6.45) is 7.14. The zero-order valence-corrected chi connectivity index (χ0v) is 11.5. The monoisotopic (exact) mass is 265 g/mol. The fraction of sp³-hybridized carbons (Fsp3) is 0.714. The number of aromatic carboxylic acids is 1. The summed E-state index contributed by atoms with van der Waals surface area (Å²) < 4.78 is 0. The second-order valence-electron chi connectivity index (χ2n) is 5.63. The van der Waals surface area contributed by atoms with Crippen LogP contribution in [0.3, 0.4) is 0 Å². The first-order valence-corrected chi connectivity index (χ1v) is 7.74. The van der Waals surface area contributed by atoms with E-state index >= 15 is 0 Å². The molecule has 1 aromatic rings. The van der Waals surface area contributed by atoms with Crippen molar-refractivity contribution in [1.82, 2.24) is 4.98 Å². The summed E-state index contributed by atoms with van der Waals surface area (Å²) in [5.74, 6) is 0.984. The maximum absolute atomic E-state index is 11.3. The van der Waals surface area contributed by atoms with Gasteiger partial charge < -0.3 is 5.11 Å². The maximum atomic E-state index is 11.3. The number of hydrogen-bond donors (Lipinski definition) is 1. The molecule has 3 rings (SSSR count). The van der Waals surface area contributed by atoms with Crippen molar-refractivity contribution in [3.63, 3.8) is 0 Å². The van der Waals surface area contributed by atoms with Crippen LogP contribution in [-0.4, -0.2) is 16.1 Å². The minimum absolute atomic E-state index is 0.435. The van der Waals surface area contributed by atoms with Gasteiger partial charge in [0.2, 0.25) is 0 Å². The molecular formula is C14H19NO2S. The van der Waals surface area contributed by atoms with E-state index in [1.807, 2.05) is 0 Å². The van der Waals surface area contributed by atoms with E-state index < -0.39 is 5.97 Å². The Morgan fingerprint density at radius 3 is 2.61 bits per heavy atom. The normalized spacial score (nSPS) is 27.6. The highest BCUT2D eigenvalue weighted by Gasteiger charge is 2.34. The molecule has 0 radical (unpaired) electrons. The highest BCUT2D eigenvalue weighted by Crippen LogP contribution is 2.46. The summed E-state index contributed by atoms with van der Waals surface area (Å²) in [5, 5.41) is 10.4. The standard InChI is InChI=1S/C14H19NO2S/c1-2-8-3-4-10(7-8)13-15-11(9-5-6-9)12(18-13)14(16)17/h8-10H,2-7H2,1H3,(H,16,17). The Kier molecular flexibility index (Phi) is 3.14. The number of aromatic nitrogens is 1. The third-order valence-corrected chi connectivity index (χ3v) is 5.52. The van der Waals surface area contributed by atoms with Crippen LogP contribution < -0.4 is 0 Å². The van der Waals surface area contributed by atoms with E-state index in [9.17, 15) is 9.90 Å². The van der Waals surface area contributed by atoms with Gasteiger partial charge in [0.15, 0.2) is 0 Å². The van der Waals surface area contributed by atoms with Gasteiger partial charge in [-0.05, 0) is 38.0 Å². The lowest BCUT2D eigenvalue weighted by molar-refractivity contribution is 0.0700. The lowest BCUT2D eigenvalue weighted by Crippen LogP contribution is -1.97. The largest absolute Gasteiger partial charge is 0.477 e. The van der Waals surface area contributed by atoms with E-state index in [0.717, 1.165) is 29.5 Å². The molecule has 3 nitrogen and oxygen atoms in total. The Bertz CT molecular complexity index is 464. The number of rotatable bonds is 4. The van der Waals surface area contributed by atoms with Gasteiger partial charge in [0.05, 0.1) is 10.7 Å². The first-order valence-electron chi connectivity index (χ1n) is 6.93. The highest BCUT2D eigenvalue weighted by atomic mass is 32.1. The van der Waals surface area contributed by atoms with Crippen molar-refractivity contribution >= 4 is 17.3 Å². The summed E-state index contributed by atoms with van der Waals surface area (Å²) in [6.45, 7) is 2.24. The van der Waals surface area contributed by atoms with Crippen LogP contribution in [0.5, 0.6) is 0 Å². The molecule has 2 aliphatic rings. The zero-order chi connectivity index (χ0) is 12.7. The summed E-state index contributed by atoms with van der Waals surface area (Å²) in [4.78, 5) is 16.5. The Labute approximate surface area is 111 Å². The van der Waals surface area contributed by atoms with Crippen LogP contribution in [0, 0.1) is 5.92 Å². The SMILES string of the molecule is CCC1CCC(c2nc(C3CC3)c(C(=O)O)s2)C1. The van der Waals surface area contributed by atoms with Gasteiger partial charge in [0.25, 0.3) is 0 Å². The number of carbonyl (C=O) groups is 1. The topological polar surface area (TPSA) is 50.2 Å². The summed E-state index contributed by atoms with van der Waals surface area (Å²) in [7, 11) is 0. The number of thiazole rings is 1. The summed E-state index contributed by atoms with van der Waals surface area (Å²) in [5.41, 5.74) is 0.877. The molecule has 1 heterocycles. The quantitative estimate of drug-likeness (QED) is 0.894. The minimum atomic E-state index is -0.786. The molecule has 0 amide bonds. The predicted molar refractivity (Wildman–Crippen MR) is 71.4 cm³/mol. The minimum Gasteiger partial charge on any atom is -0.477 e. The van der Waals surface area contributed by atoms with Gasteiger partial charge in [-0.15, -0.1) is 11.3 Å². The van der Waals surface area contributed by atoms with Gasteiger partial charge >= 0.3 is 5.97 Å². The average molecular weight is 265 g/mol. The molecule has 0 spiro atoms. The number of carboxylic acid groups (broad SMARTS) is 1. The van der Waals surface area contributed by atoms with Crippen LogP contribution in [0.2, 0.25) is 0 Å². The molecule has 2 saturated carbocycles. The van der Waals surface area contributed by atoms with Crippen molar-refractivity contribution in [2.45, 2.75) is 57.3 Å². The van der Waals surface area contributed by atoms with Crippen molar-refractivity contribution in [1.29, 1.82) is 0 Å². The first kappa shape index (κ1) is 12.2. The van der Waals surface area contributed by atoms with E-state index in [-0.39, 0.29) is 0 Å². The molecular weight excluding hydrogens is 246 g/mol. The third kappa shape index (κ3) is 2.18. The Balaban J connectivity index is 1.84. The van der Waals surface area contributed by atoms with E-state index in [2.05, 4.69) is 11.9 Å². The molecule has 2 atom stereocenters. The van der Waals surface area contributed by atoms with Gasteiger partial charge in [-0.1, -0.05) is 13.3 Å². The molecule has 2 aliphatic carbocycles. The predicted octanol–water partition coefficient (Wildman–Crippen LogP) is 4.01. The molecule has 0 bridgehead atoms. The number of hydrogen-bond acceptors (Lipinski definition) is 3. The van der Waals surface area contributed by atoms with Crippen molar-refractivity contribution in [3.8, 4) is 0 Å². The molecule has 98 valence electrons. The molecule has 2 fully saturated rings. The van der Waals surface area contributed by atoms with Crippen LogP contribution in [0.4, 0.5) is 0 Å². The molecule has 4 heteroatoms. The van der Waals surface area contributed by atoms with E-state index in [4.69, 9.17) is 0 Å². The fourth-order valence-electron chi connectivity index (χ4n) is 2.98. The Morgan fingerprint density at radius 1 is 1.33 bits per heavy atom. The fourth-order valence-corrected chi connectivity index (χ4v) is 4.12. The summed E-state index contributed by atoms with van der Waals surface area (Å²) in [6, 6.07) is 0. The average Bonchev–Trinajstić information content (AvgIpc) is 2.94. The first-order chi connectivity index (χ1) is 8.69. The molecule has 0 aromatic carbocycles. The van der Waals surface area contributed by atoms with Crippen LogP contribution in [0.1, 0.15) is 77.7 Å². The van der Waals surface area contributed by atoms with E-state index in [1.54, 1.807) is 0 Å². The lowest BCUT2D eigenvalue weighted by Gasteiger charge is -2.06. The number of carboxylic acids is 1. The van der Waals surface area contributed by atoms with Gasteiger partial charge in [0, 0.05) is 11.8 Å². The third-order valence-electron chi connectivity index (χ3n) is 4.30. The molecule has 1 N–H and O–H groups in total. The highest BCUT2D eigenvalue weighted by molar-refractivity contribution is 7.13. The summed E-state index contributed by atoms with van der Waals surface area (Å²) >= 11 is 1.44. The molecule has 1 aromatic heterocycles. The Hall–Kier alpha value is -0.900. The molecule has 0 saturated heterocycles. The van der Waals surface area contributed by atoms with Crippen molar-refractivity contribution < 1.29 is 9.90 Å². The lowest BCUT2D eigenvalue weighted by atomic mass is 10.0. The second-order valence-corrected chi connectivity index (χ2v) is 6.66. The molecule has 2 unspecified atom stereocenters.